The molecule has 0 radical (unpaired) electrons. The zero-order chi connectivity index (χ0) is 18.1. The van der Waals surface area contributed by atoms with Gasteiger partial charge in [-0.15, -0.1) is 0 Å². The van der Waals surface area contributed by atoms with E-state index in [1.54, 1.807) is 18.5 Å². The molecule has 0 atom stereocenters. The summed E-state index contributed by atoms with van der Waals surface area (Å²) in [6.45, 7) is 1.56. The van der Waals surface area contributed by atoms with Crippen molar-refractivity contribution in [2.45, 2.75) is 19.3 Å². The maximum Gasteiger partial charge on any atom is 0.345 e. The number of aliphatic carboxylic acids is 1. The standard InChI is InChI=1S/C18H18N4O4/c23-15-13(9-11-10-20-16-12(11)5-4-6-19-16)26-17(14(15)18(24)25)21-22-7-2-1-3-8-22/h4-6,9-10,21H,1-3,7-8H2,(H,19,20)(H,24,25)/b13-9-. The number of Topliss-reactive ketones (excluding diaryl/α,β-unsaturated/α-hetero) is 1. The van der Waals surface area contributed by atoms with Gasteiger partial charge in [0.05, 0.1) is 0 Å². The van der Waals surface area contributed by atoms with Gasteiger partial charge < -0.3 is 14.8 Å². The summed E-state index contributed by atoms with van der Waals surface area (Å²) < 4.78 is 5.60. The molecule has 0 bridgehead atoms. The molecular formula is C18H18N4O4. The first-order chi connectivity index (χ1) is 12.6. The van der Waals surface area contributed by atoms with Crippen LogP contribution in [0.2, 0.25) is 0 Å². The molecule has 1 saturated heterocycles. The van der Waals surface area contributed by atoms with Crippen LogP contribution in [0.15, 0.2) is 41.7 Å². The van der Waals surface area contributed by atoms with Crippen LogP contribution in [-0.4, -0.2) is 44.9 Å². The molecule has 0 spiro atoms. The predicted molar refractivity (Wildman–Crippen MR) is 93.4 cm³/mol. The van der Waals surface area contributed by atoms with Gasteiger partial charge in [-0.3, -0.25) is 10.2 Å². The molecular weight excluding hydrogens is 336 g/mol. The van der Waals surface area contributed by atoms with Crippen molar-refractivity contribution in [2.75, 3.05) is 13.1 Å². The van der Waals surface area contributed by atoms with Gasteiger partial charge in [0.15, 0.2) is 11.3 Å². The van der Waals surface area contributed by atoms with Crippen molar-refractivity contribution in [1.29, 1.82) is 0 Å². The average Bonchev–Trinajstić information content (AvgIpc) is 3.18. The van der Waals surface area contributed by atoms with Crippen LogP contribution < -0.4 is 5.43 Å². The number of ketones is 1. The normalized spacial score (nSPS) is 20.0. The van der Waals surface area contributed by atoms with Crippen LogP contribution in [0, 0.1) is 0 Å². The van der Waals surface area contributed by atoms with E-state index in [0.717, 1.165) is 37.7 Å². The Bertz CT molecular complexity index is 938. The molecule has 0 amide bonds. The number of aromatic nitrogens is 2. The third-order valence-corrected chi connectivity index (χ3v) is 4.49. The Morgan fingerprint density at radius 3 is 2.92 bits per heavy atom. The number of rotatable bonds is 4. The number of allylic oxidation sites excluding steroid dienone is 1. The number of carboxylic acid groups (broad SMARTS) is 1. The highest BCUT2D eigenvalue weighted by Crippen LogP contribution is 2.28. The van der Waals surface area contributed by atoms with E-state index in [-0.39, 0.29) is 17.2 Å². The summed E-state index contributed by atoms with van der Waals surface area (Å²) in [5, 5.41) is 12.1. The van der Waals surface area contributed by atoms with Gasteiger partial charge in [-0.25, -0.2) is 14.8 Å². The SMILES string of the molecule is O=C(O)C1=C(NN2CCCCC2)O/C(=C\c2c[nH]c3ncccc23)C1=O. The monoisotopic (exact) mass is 354 g/mol. The zero-order valence-electron chi connectivity index (χ0n) is 14.0. The van der Waals surface area contributed by atoms with Crippen LogP contribution in [-0.2, 0) is 14.3 Å². The lowest BCUT2D eigenvalue weighted by Crippen LogP contribution is -2.41. The Balaban J connectivity index is 1.63. The molecule has 3 N–H and O–H groups in total. The van der Waals surface area contributed by atoms with Crippen molar-refractivity contribution in [3.63, 3.8) is 0 Å². The highest BCUT2D eigenvalue weighted by Gasteiger charge is 2.36. The molecule has 8 nitrogen and oxygen atoms in total. The van der Waals surface area contributed by atoms with Gasteiger partial charge in [0, 0.05) is 36.4 Å². The first-order valence-corrected chi connectivity index (χ1v) is 8.49. The smallest absolute Gasteiger partial charge is 0.345 e. The number of nitrogens with zero attached hydrogens (tertiary/aromatic N) is 2. The van der Waals surface area contributed by atoms with E-state index in [1.807, 2.05) is 11.1 Å². The van der Waals surface area contributed by atoms with Crippen LogP contribution in [0.3, 0.4) is 0 Å². The fraction of sp³-hybridized carbons (Fsp3) is 0.278. The molecule has 0 aromatic carbocycles. The van der Waals surface area contributed by atoms with Gasteiger partial charge in [0.25, 0.3) is 0 Å². The Morgan fingerprint density at radius 1 is 1.35 bits per heavy atom. The number of carbonyl (C=O) groups excluding carboxylic acids is 1. The van der Waals surface area contributed by atoms with E-state index in [4.69, 9.17) is 4.74 Å². The number of pyridine rings is 1. The fourth-order valence-electron chi connectivity index (χ4n) is 3.19. The van der Waals surface area contributed by atoms with Crippen LogP contribution in [0.1, 0.15) is 24.8 Å². The van der Waals surface area contributed by atoms with E-state index in [1.165, 1.54) is 6.08 Å². The molecule has 0 aliphatic carbocycles. The molecule has 1 fully saturated rings. The molecule has 4 heterocycles. The van der Waals surface area contributed by atoms with E-state index in [9.17, 15) is 14.7 Å². The minimum absolute atomic E-state index is 0.0198. The van der Waals surface area contributed by atoms with E-state index < -0.39 is 11.8 Å². The molecule has 2 aliphatic heterocycles. The average molecular weight is 354 g/mol. The van der Waals surface area contributed by atoms with Crippen LogP contribution in [0.25, 0.3) is 17.1 Å². The van der Waals surface area contributed by atoms with Crippen LogP contribution in [0.5, 0.6) is 0 Å². The second-order valence-electron chi connectivity index (χ2n) is 6.25. The number of carbonyl (C=O) groups is 2. The Kier molecular flexibility index (Phi) is 4.18. The number of hydrogen-bond donors (Lipinski definition) is 3. The summed E-state index contributed by atoms with van der Waals surface area (Å²) in [6, 6.07) is 3.66. The van der Waals surface area contributed by atoms with Crippen molar-refractivity contribution in [3.05, 3.63) is 47.3 Å². The van der Waals surface area contributed by atoms with Gasteiger partial charge in [-0.2, -0.15) is 0 Å². The predicted octanol–water partition coefficient (Wildman–Crippen LogP) is 1.79. The lowest BCUT2D eigenvalue weighted by Gasteiger charge is -2.27. The van der Waals surface area contributed by atoms with E-state index in [2.05, 4.69) is 15.4 Å². The first kappa shape index (κ1) is 16.3. The quantitative estimate of drug-likeness (QED) is 0.567. The van der Waals surface area contributed by atoms with Crippen molar-refractivity contribution in [1.82, 2.24) is 20.4 Å². The topological polar surface area (TPSA) is 108 Å². The van der Waals surface area contributed by atoms with Crippen molar-refractivity contribution in [2.24, 2.45) is 0 Å². The first-order valence-electron chi connectivity index (χ1n) is 8.49. The zero-order valence-corrected chi connectivity index (χ0v) is 14.0. The summed E-state index contributed by atoms with van der Waals surface area (Å²) in [6.07, 6.45) is 8.08. The number of H-pyrrole nitrogens is 1. The molecule has 8 heteroatoms. The molecule has 0 saturated carbocycles. The maximum absolute atomic E-state index is 12.5. The fourth-order valence-corrected chi connectivity index (χ4v) is 3.19. The van der Waals surface area contributed by atoms with Gasteiger partial charge in [-0.05, 0) is 31.1 Å². The molecule has 2 aromatic heterocycles. The molecule has 2 aromatic rings. The summed E-state index contributed by atoms with van der Waals surface area (Å²) >= 11 is 0. The highest BCUT2D eigenvalue weighted by atomic mass is 16.5. The number of aromatic amines is 1. The second-order valence-corrected chi connectivity index (χ2v) is 6.25. The molecule has 0 unspecified atom stereocenters. The number of hydrazine groups is 1. The molecule has 4 rings (SSSR count). The summed E-state index contributed by atoms with van der Waals surface area (Å²) in [5.74, 6) is -1.99. The van der Waals surface area contributed by atoms with Crippen molar-refractivity contribution >= 4 is 28.9 Å². The third kappa shape index (κ3) is 2.95. The molecule has 134 valence electrons. The van der Waals surface area contributed by atoms with Crippen molar-refractivity contribution < 1.29 is 19.4 Å². The molecule has 26 heavy (non-hydrogen) atoms. The van der Waals surface area contributed by atoms with Crippen LogP contribution >= 0.6 is 0 Å². The number of fused-ring (bicyclic) bond motifs is 1. The van der Waals surface area contributed by atoms with Crippen LogP contribution in [0.4, 0.5) is 0 Å². The lowest BCUT2D eigenvalue weighted by atomic mass is 10.1. The number of carboxylic acids is 1. The lowest BCUT2D eigenvalue weighted by molar-refractivity contribution is -0.134. The van der Waals surface area contributed by atoms with Gasteiger partial charge in [0.1, 0.15) is 5.65 Å². The van der Waals surface area contributed by atoms with Gasteiger partial charge in [-0.1, -0.05) is 6.42 Å². The van der Waals surface area contributed by atoms with E-state index in [0.29, 0.717) is 11.2 Å². The Hall–Kier alpha value is -3.13. The van der Waals surface area contributed by atoms with Gasteiger partial charge in [0.2, 0.25) is 11.7 Å². The summed E-state index contributed by atoms with van der Waals surface area (Å²) in [4.78, 5) is 31.3. The third-order valence-electron chi connectivity index (χ3n) is 4.49. The number of ether oxygens (including phenoxy) is 1. The number of nitrogens with one attached hydrogen (secondary N) is 2. The largest absolute Gasteiger partial charge is 0.477 e. The minimum atomic E-state index is -1.31. The van der Waals surface area contributed by atoms with E-state index >= 15 is 0 Å². The summed E-state index contributed by atoms with van der Waals surface area (Å²) in [7, 11) is 0. The Labute approximate surface area is 149 Å². The van der Waals surface area contributed by atoms with Crippen molar-refractivity contribution in [3.8, 4) is 0 Å². The maximum atomic E-state index is 12.5. The van der Waals surface area contributed by atoms with Gasteiger partial charge >= 0.3 is 5.97 Å². The minimum Gasteiger partial charge on any atom is -0.477 e. The highest BCUT2D eigenvalue weighted by molar-refractivity contribution is 6.26. The Morgan fingerprint density at radius 2 is 2.15 bits per heavy atom. The molecule has 2 aliphatic rings. The second kappa shape index (κ2) is 6.64. The summed E-state index contributed by atoms with van der Waals surface area (Å²) in [5.41, 5.74) is 3.97. The number of piperidine rings is 1. The number of hydrogen-bond acceptors (Lipinski definition) is 6.